The van der Waals surface area contributed by atoms with Crippen molar-refractivity contribution in [2.24, 2.45) is 0 Å². The van der Waals surface area contributed by atoms with Crippen LogP contribution in [0.2, 0.25) is 0 Å². The van der Waals surface area contributed by atoms with E-state index in [4.69, 9.17) is 14.2 Å². The Morgan fingerprint density at radius 1 is 1.21 bits per heavy atom. The molecule has 0 aliphatic carbocycles. The number of hydrogen-bond acceptors (Lipinski definition) is 4. The van der Waals surface area contributed by atoms with Crippen LogP contribution in [0.5, 0.6) is 17.2 Å². The second kappa shape index (κ2) is 8.13. The molecule has 0 fully saturated rings. The van der Waals surface area contributed by atoms with Gasteiger partial charge in [-0.3, -0.25) is 4.79 Å². The molecule has 0 saturated heterocycles. The van der Waals surface area contributed by atoms with Crippen molar-refractivity contribution in [1.29, 1.82) is 0 Å². The fraction of sp³-hybridized carbons (Fsp3) is 0.435. The van der Waals surface area contributed by atoms with Crippen molar-refractivity contribution in [3.63, 3.8) is 0 Å². The molecule has 3 rings (SSSR count). The first-order valence-electron chi connectivity index (χ1n) is 9.72. The molecular weight excluding hydrogens is 354 g/mol. The predicted molar refractivity (Wildman–Crippen MR) is 109 cm³/mol. The summed E-state index contributed by atoms with van der Waals surface area (Å²) in [5.41, 5.74) is 1.80. The summed E-state index contributed by atoms with van der Waals surface area (Å²) in [6.07, 6.45) is 0.715. The van der Waals surface area contributed by atoms with Gasteiger partial charge in [0.2, 0.25) is 0 Å². The molecule has 2 aromatic rings. The number of carbonyl (C=O) groups is 1. The van der Waals surface area contributed by atoms with E-state index in [0.29, 0.717) is 18.6 Å². The molecule has 1 aliphatic heterocycles. The zero-order chi connectivity index (χ0) is 20.3. The number of amides is 1. The Bertz CT molecular complexity index is 829. The maximum Gasteiger partial charge on any atom is 0.261 e. The van der Waals surface area contributed by atoms with Crippen LogP contribution in [-0.2, 0) is 4.79 Å². The second-order valence-corrected chi connectivity index (χ2v) is 7.86. The van der Waals surface area contributed by atoms with Crippen LogP contribution in [0.15, 0.2) is 42.5 Å². The minimum Gasteiger partial charge on any atom is -0.497 e. The number of rotatable bonds is 6. The second-order valence-electron chi connectivity index (χ2n) is 7.86. The Morgan fingerprint density at radius 3 is 2.54 bits per heavy atom. The molecule has 2 aromatic carbocycles. The summed E-state index contributed by atoms with van der Waals surface area (Å²) in [5, 5.41) is 3.18. The summed E-state index contributed by atoms with van der Waals surface area (Å²) >= 11 is 0. The van der Waals surface area contributed by atoms with Gasteiger partial charge in [0.05, 0.1) is 13.2 Å². The molecule has 0 aromatic heterocycles. The Morgan fingerprint density at radius 2 is 1.89 bits per heavy atom. The van der Waals surface area contributed by atoms with Gasteiger partial charge in [-0.2, -0.15) is 0 Å². The van der Waals surface area contributed by atoms with Crippen LogP contribution in [0.4, 0.5) is 0 Å². The highest BCUT2D eigenvalue weighted by Gasteiger charge is 2.35. The van der Waals surface area contributed by atoms with E-state index in [0.717, 1.165) is 22.6 Å². The average Bonchev–Trinajstić information content (AvgIpc) is 2.65. The molecule has 1 heterocycles. The van der Waals surface area contributed by atoms with E-state index in [1.165, 1.54) is 0 Å². The first kappa shape index (κ1) is 20.1. The van der Waals surface area contributed by atoms with E-state index in [-0.39, 0.29) is 17.6 Å². The van der Waals surface area contributed by atoms with Gasteiger partial charge in [-0.05, 0) is 63.1 Å². The van der Waals surface area contributed by atoms with Gasteiger partial charge in [0.1, 0.15) is 22.8 Å². The lowest BCUT2D eigenvalue weighted by atomic mass is 9.89. The van der Waals surface area contributed by atoms with Crippen LogP contribution >= 0.6 is 0 Å². The first-order chi connectivity index (χ1) is 13.3. The number of aryl methyl sites for hydroxylation is 1. The molecule has 28 heavy (non-hydrogen) atoms. The number of nitrogens with one attached hydrogen (secondary N) is 1. The number of ether oxygens (including phenoxy) is 3. The molecular formula is C23H29NO4. The molecule has 0 radical (unpaired) electrons. The van der Waals surface area contributed by atoms with E-state index >= 15 is 0 Å². The van der Waals surface area contributed by atoms with Crippen LogP contribution in [0, 0.1) is 6.92 Å². The van der Waals surface area contributed by atoms with Crippen molar-refractivity contribution in [2.45, 2.75) is 58.3 Å². The van der Waals surface area contributed by atoms with E-state index in [1.54, 1.807) is 7.11 Å². The smallest absolute Gasteiger partial charge is 0.261 e. The van der Waals surface area contributed by atoms with Gasteiger partial charge in [-0.25, -0.2) is 0 Å². The number of hydrogen-bond donors (Lipinski definition) is 1. The molecule has 150 valence electrons. The van der Waals surface area contributed by atoms with Crippen molar-refractivity contribution >= 4 is 5.91 Å². The van der Waals surface area contributed by atoms with E-state index in [1.807, 2.05) is 70.2 Å². The highest BCUT2D eigenvalue weighted by atomic mass is 16.5. The van der Waals surface area contributed by atoms with Gasteiger partial charge in [0, 0.05) is 12.0 Å². The number of methoxy groups -OCH3 is 1. The van der Waals surface area contributed by atoms with Gasteiger partial charge in [-0.1, -0.05) is 19.1 Å². The Hall–Kier alpha value is -2.69. The van der Waals surface area contributed by atoms with E-state index in [9.17, 15) is 4.79 Å². The Labute approximate surface area is 167 Å². The fourth-order valence-electron chi connectivity index (χ4n) is 3.49. The molecule has 0 bridgehead atoms. The fourth-order valence-corrected chi connectivity index (χ4v) is 3.49. The zero-order valence-electron chi connectivity index (χ0n) is 17.2. The number of benzene rings is 2. The van der Waals surface area contributed by atoms with E-state index in [2.05, 4.69) is 5.32 Å². The van der Waals surface area contributed by atoms with Crippen molar-refractivity contribution < 1.29 is 19.0 Å². The largest absolute Gasteiger partial charge is 0.497 e. The summed E-state index contributed by atoms with van der Waals surface area (Å²) in [7, 11) is 1.62. The summed E-state index contributed by atoms with van der Waals surface area (Å²) < 4.78 is 17.2. The lowest BCUT2D eigenvalue weighted by molar-refractivity contribution is -0.129. The van der Waals surface area contributed by atoms with Crippen molar-refractivity contribution in [2.75, 3.05) is 7.11 Å². The van der Waals surface area contributed by atoms with Crippen LogP contribution in [-0.4, -0.2) is 24.7 Å². The molecule has 1 aliphatic rings. The number of carbonyl (C=O) groups excluding carboxylic acids is 1. The lowest BCUT2D eigenvalue weighted by Gasteiger charge is -2.38. The summed E-state index contributed by atoms with van der Waals surface area (Å²) in [4.78, 5) is 13.0. The van der Waals surface area contributed by atoms with Crippen LogP contribution in [0.25, 0.3) is 0 Å². The Balaban J connectivity index is 1.74. The molecule has 1 N–H and O–H groups in total. The molecule has 0 saturated carbocycles. The van der Waals surface area contributed by atoms with Gasteiger partial charge in [-0.15, -0.1) is 0 Å². The van der Waals surface area contributed by atoms with Gasteiger partial charge < -0.3 is 19.5 Å². The molecule has 0 spiro atoms. The standard InChI is InChI=1S/C23H29NO4/c1-6-20(27-17-10-8-16(26-5)9-11-17)22(25)24-19-14-23(3,4)28-21-13-15(2)7-12-18(19)21/h7-13,19-20H,6,14H2,1-5H3,(H,24,25)/t19-,20-/m1/s1. The maximum absolute atomic E-state index is 13.0. The Kier molecular flexibility index (Phi) is 5.82. The van der Waals surface area contributed by atoms with Crippen LogP contribution in [0.1, 0.15) is 50.8 Å². The van der Waals surface area contributed by atoms with Gasteiger partial charge >= 0.3 is 0 Å². The number of fused-ring (bicyclic) bond motifs is 1. The van der Waals surface area contributed by atoms with Crippen molar-refractivity contribution in [1.82, 2.24) is 5.32 Å². The van der Waals surface area contributed by atoms with E-state index < -0.39 is 6.10 Å². The van der Waals surface area contributed by atoms with Crippen LogP contribution < -0.4 is 19.5 Å². The minimum absolute atomic E-state index is 0.111. The highest BCUT2D eigenvalue weighted by Crippen LogP contribution is 2.40. The maximum atomic E-state index is 13.0. The SMILES string of the molecule is CC[C@@H](Oc1ccc(OC)cc1)C(=O)N[C@@H]1CC(C)(C)Oc2cc(C)ccc21. The summed E-state index contributed by atoms with van der Waals surface area (Å²) in [6.45, 7) is 8.07. The molecule has 2 atom stereocenters. The first-order valence-corrected chi connectivity index (χ1v) is 9.72. The zero-order valence-corrected chi connectivity index (χ0v) is 17.2. The third-order valence-corrected chi connectivity index (χ3v) is 4.94. The third-order valence-electron chi connectivity index (χ3n) is 4.94. The van der Waals surface area contributed by atoms with Gasteiger partial charge in [0.15, 0.2) is 6.10 Å². The molecule has 0 unspecified atom stereocenters. The third kappa shape index (κ3) is 4.58. The quantitative estimate of drug-likeness (QED) is 0.793. The molecule has 5 heteroatoms. The molecule has 5 nitrogen and oxygen atoms in total. The summed E-state index contributed by atoms with van der Waals surface area (Å²) in [6, 6.07) is 13.3. The normalized spacial score (nSPS) is 18.4. The monoisotopic (exact) mass is 383 g/mol. The lowest BCUT2D eigenvalue weighted by Crippen LogP contribution is -2.45. The van der Waals surface area contributed by atoms with Gasteiger partial charge in [0.25, 0.3) is 5.91 Å². The highest BCUT2D eigenvalue weighted by molar-refractivity contribution is 5.81. The topological polar surface area (TPSA) is 56.8 Å². The summed E-state index contributed by atoms with van der Waals surface area (Å²) in [5.74, 6) is 2.12. The van der Waals surface area contributed by atoms with Crippen molar-refractivity contribution in [3.05, 3.63) is 53.6 Å². The van der Waals surface area contributed by atoms with Crippen LogP contribution in [0.3, 0.4) is 0 Å². The predicted octanol–water partition coefficient (Wildman–Crippen LogP) is 4.58. The van der Waals surface area contributed by atoms with Crippen molar-refractivity contribution in [3.8, 4) is 17.2 Å². The molecule has 1 amide bonds. The average molecular weight is 383 g/mol. The minimum atomic E-state index is -0.562.